The molecule has 0 fully saturated rings. The Morgan fingerprint density at radius 2 is 1.95 bits per heavy atom. The topological polar surface area (TPSA) is 84.0 Å². The number of nitrogens with one attached hydrogen (secondary N) is 2. The van der Waals surface area contributed by atoms with Crippen molar-refractivity contribution in [1.29, 1.82) is 0 Å². The maximum Gasteiger partial charge on any atom is 0.249 e. The quantitative estimate of drug-likeness (QED) is 0.857. The van der Waals surface area contributed by atoms with E-state index in [0.717, 1.165) is 5.56 Å². The van der Waals surface area contributed by atoms with Crippen LogP contribution in [0.3, 0.4) is 0 Å². The minimum Gasteiger partial charge on any atom is -0.350 e. The van der Waals surface area contributed by atoms with Crippen LogP contribution in [0.5, 0.6) is 0 Å². The van der Waals surface area contributed by atoms with E-state index >= 15 is 0 Å². The largest absolute Gasteiger partial charge is 0.350 e. The number of rotatable bonds is 5. The molecule has 2 amide bonds. The maximum absolute atomic E-state index is 12.3. The van der Waals surface area contributed by atoms with Gasteiger partial charge in [0.15, 0.2) is 6.04 Å². The van der Waals surface area contributed by atoms with Gasteiger partial charge in [0.1, 0.15) is 6.33 Å². The number of benzene rings is 1. The van der Waals surface area contributed by atoms with Gasteiger partial charge in [-0.3, -0.25) is 9.59 Å². The molecule has 0 bridgehead atoms. The van der Waals surface area contributed by atoms with Crippen molar-refractivity contribution in [3.05, 3.63) is 60.2 Å². The third-order valence-electron chi connectivity index (χ3n) is 2.82. The molecule has 2 aromatic rings. The van der Waals surface area contributed by atoms with Gasteiger partial charge in [0.2, 0.25) is 11.8 Å². The molecule has 0 aliphatic carbocycles. The minimum absolute atomic E-state index is 0.298. The number of hydrogen-bond acceptors (Lipinski definition) is 4. The van der Waals surface area contributed by atoms with Crippen molar-refractivity contribution in [2.75, 3.05) is 0 Å². The van der Waals surface area contributed by atoms with E-state index in [1.54, 1.807) is 6.07 Å². The van der Waals surface area contributed by atoms with Crippen molar-refractivity contribution in [2.45, 2.75) is 19.5 Å². The average molecular weight is 284 g/mol. The summed E-state index contributed by atoms with van der Waals surface area (Å²) in [5.74, 6) is -0.610. The monoisotopic (exact) mass is 284 g/mol. The molecular weight excluding hydrogens is 268 g/mol. The first kappa shape index (κ1) is 14.6. The molecule has 21 heavy (non-hydrogen) atoms. The highest BCUT2D eigenvalue weighted by atomic mass is 16.2. The van der Waals surface area contributed by atoms with E-state index in [-0.39, 0.29) is 11.8 Å². The Bertz CT molecular complexity index is 602. The molecule has 2 rings (SSSR count). The first-order valence-electron chi connectivity index (χ1n) is 6.51. The molecule has 1 aromatic carbocycles. The van der Waals surface area contributed by atoms with Crippen LogP contribution >= 0.6 is 0 Å². The highest BCUT2D eigenvalue weighted by Crippen LogP contribution is 2.09. The predicted octanol–water partition coefficient (Wildman–Crippen LogP) is 0.970. The Balaban J connectivity index is 2.06. The van der Waals surface area contributed by atoms with Gasteiger partial charge in [-0.1, -0.05) is 30.3 Å². The number of aromatic nitrogens is 2. The standard InChI is InChI=1S/C15H16N4O2/c1-11(20)19-14(13-7-8-16-10-18-13)15(21)17-9-12-5-3-2-4-6-12/h2-8,10,14H,9H2,1H3,(H,17,21)(H,19,20). The fourth-order valence-electron chi connectivity index (χ4n) is 1.84. The van der Waals surface area contributed by atoms with Crippen molar-refractivity contribution < 1.29 is 9.59 Å². The van der Waals surface area contributed by atoms with Crippen LogP contribution in [0.25, 0.3) is 0 Å². The molecule has 1 aromatic heterocycles. The third kappa shape index (κ3) is 4.38. The molecule has 0 saturated carbocycles. The van der Waals surface area contributed by atoms with Gasteiger partial charge in [-0.15, -0.1) is 0 Å². The molecule has 108 valence electrons. The second kappa shape index (κ2) is 7.14. The van der Waals surface area contributed by atoms with Crippen molar-refractivity contribution in [1.82, 2.24) is 20.6 Å². The Hall–Kier alpha value is -2.76. The molecule has 2 N–H and O–H groups in total. The number of carbonyl (C=O) groups excluding carboxylic acids is 2. The normalized spacial score (nSPS) is 11.5. The summed E-state index contributed by atoms with van der Waals surface area (Å²) in [6.07, 6.45) is 2.87. The molecule has 0 radical (unpaired) electrons. The Labute approximate surface area is 122 Å². The van der Waals surface area contributed by atoms with E-state index in [1.165, 1.54) is 19.4 Å². The van der Waals surface area contributed by atoms with Crippen LogP contribution in [0.4, 0.5) is 0 Å². The SMILES string of the molecule is CC(=O)NC(C(=O)NCc1ccccc1)c1ccncn1. The summed E-state index contributed by atoms with van der Waals surface area (Å²) in [6.45, 7) is 1.75. The highest BCUT2D eigenvalue weighted by molar-refractivity contribution is 5.87. The van der Waals surface area contributed by atoms with Crippen LogP contribution in [-0.2, 0) is 16.1 Å². The second-order valence-electron chi connectivity index (χ2n) is 4.47. The molecule has 0 spiro atoms. The van der Waals surface area contributed by atoms with Crippen molar-refractivity contribution in [3.63, 3.8) is 0 Å². The second-order valence-corrected chi connectivity index (χ2v) is 4.47. The van der Waals surface area contributed by atoms with Crippen LogP contribution in [0.15, 0.2) is 48.9 Å². The molecule has 1 atom stereocenters. The van der Waals surface area contributed by atoms with E-state index in [9.17, 15) is 9.59 Å². The van der Waals surface area contributed by atoms with Gasteiger partial charge in [-0.25, -0.2) is 9.97 Å². The molecule has 0 aliphatic heterocycles. The Morgan fingerprint density at radius 3 is 2.57 bits per heavy atom. The van der Waals surface area contributed by atoms with Crippen molar-refractivity contribution in [2.24, 2.45) is 0 Å². The number of hydrogen-bond donors (Lipinski definition) is 2. The summed E-state index contributed by atoms with van der Waals surface area (Å²) < 4.78 is 0. The van der Waals surface area contributed by atoms with Gasteiger partial charge < -0.3 is 10.6 Å². The molecule has 6 heteroatoms. The van der Waals surface area contributed by atoms with Crippen LogP contribution in [0.2, 0.25) is 0 Å². The van der Waals surface area contributed by atoms with Gasteiger partial charge in [0.05, 0.1) is 5.69 Å². The van der Waals surface area contributed by atoms with E-state index in [4.69, 9.17) is 0 Å². The lowest BCUT2D eigenvalue weighted by Crippen LogP contribution is -2.39. The zero-order chi connectivity index (χ0) is 15.1. The van der Waals surface area contributed by atoms with E-state index < -0.39 is 6.04 Å². The van der Waals surface area contributed by atoms with Gasteiger partial charge >= 0.3 is 0 Å². The maximum atomic E-state index is 12.3. The molecule has 0 aliphatic rings. The van der Waals surface area contributed by atoms with Crippen LogP contribution in [0, 0.1) is 0 Å². The summed E-state index contributed by atoms with van der Waals surface area (Å²) in [5, 5.41) is 5.38. The fraction of sp³-hybridized carbons (Fsp3) is 0.200. The first-order valence-corrected chi connectivity index (χ1v) is 6.51. The molecule has 6 nitrogen and oxygen atoms in total. The summed E-state index contributed by atoms with van der Waals surface area (Å²) in [4.78, 5) is 31.4. The van der Waals surface area contributed by atoms with Gasteiger partial charge in [0.25, 0.3) is 0 Å². The highest BCUT2D eigenvalue weighted by Gasteiger charge is 2.22. The van der Waals surface area contributed by atoms with E-state index in [2.05, 4.69) is 20.6 Å². The lowest BCUT2D eigenvalue weighted by Gasteiger charge is -2.16. The molecule has 1 unspecified atom stereocenters. The minimum atomic E-state index is -0.825. The lowest BCUT2D eigenvalue weighted by molar-refractivity contribution is -0.128. The fourth-order valence-corrected chi connectivity index (χ4v) is 1.84. The predicted molar refractivity (Wildman–Crippen MR) is 76.9 cm³/mol. The van der Waals surface area contributed by atoms with Crippen LogP contribution in [0.1, 0.15) is 24.2 Å². The molecule has 0 saturated heterocycles. The molecule has 1 heterocycles. The average Bonchev–Trinajstić information content (AvgIpc) is 2.52. The number of nitrogens with zero attached hydrogens (tertiary/aromatic N) is 2. The zero-order valence-corrected chi connectivity index (χ0v) is 11.6. The van der Waals surface area contributed by atoms with Crippen LogP contribution < -0.4 is 10.6 Å². The van der Waals surface area contributed by atoms with Gasteiger partial charge in [0, 0.05) is 19.7 Å². The van der Waals surface area contributed by atoms with Crippen molar-refractivity contribution >= 4 is 11.8 Å². The summed E-state index contributed by atoms with van der Waals surface area (Å²) in [7, 11) is 0. The first-order chi connectivity index (χ1) is 10.2. The van der Waals surface area contributed by atoms with Gasteiger partial charge in [-0.05, 0) is 11.6 Å². The Kier molecular flexibility index (Phi) is 4.98. The summed E-state index contributed by atoms with van der Waals surface area (Å²) >= 11 is 0. The molecular formula is C15H16N4O2. The van der Waals surface area contributed by atoms with Crippen molar-refractivity contribution in [3.8, 4) is 0 Å². The number of amides is 2. The number of carbonyl (C=O) groups is 2. The summed E-state index contributed by atoms with van der Waals surface area (Å²) in [5.41, 5.74) is 1.43. The lowest BCUT2D eigenvalue weighted by atomic mass is 10.1. The van der Waals surface area contributed by atoms with Crippen LogP contribution in [-0.4, -0.2) is 21.8 Å². The summed E-state index contributed by atoms with van der Waals surface area (Å²) in [6, 6.07) is 10.3. The van der Waals surface area contributed by atoms with E-state index in [0.29, 0.717) is 12.2 Å². The smallest absolute Gasteiger partial charge is 0.249 e. The third-order valence-corrected chi connectivity index (χ3v) is 2.82. The van der Waals surface area contributed by atoms with E-state index in [1.807, 2.05) is 30.3 Å². The zero-order valence-electron chi connectivity index (χ0n) is 11.6. The van der Waals surface area contributed by atoms with Gasteiger partial charge in [-0.2, -0.15) is 0 Å². The Morgan fingerprint density at radius 1 is 1.19 bits per heavy atom.